The van der Waals surface area contributed by atoms with Gasteiger partial charge in [-0.1, -0.05) is 42.3 Å². The van der Waals surface area contributed by atoms with Gasteiger partial charge in [-0.3, -0.25) is 9.80 Å². The van der Waals surface area contributed by atoms with Crippen LogP contribution in [0.5, 0.6) is 23.0 Å². The zero-order valence-electron chi connectivity index (χ0n) is 26.7. The highest BCUT2D eigenvalue weighted by molar-refractivity contribution is 6.32. The predicted octanol–water partition coefficient (Wildman–Crippen LogP) is 7.42. The average molecular weight is 675 g/mol. The summed E-state index contributed by atoms with van der Waals surface area (Å²) < 4.78 is 64.5. The van der Waals surface area contributed by atoms with E-state index in [-0.39, 0.29) is 32.6 Å². The first-order valence-electron chi connectivity index (χ1n) is 16.4. The van der Waals surface area contributed by atoms with Crippen LogP contribution < -0.4 is 18.9 Å². The lowest BCUT2D eigenvalue weighted by molar-refractivity contribution is -0.274. The van der Waals surface area contributed by atoms with Crippen LogP contribution in [0.25, 0.3) is 11.1 Å². The van der Waals surface area contributed by atoms with Crippen LogP contribution in [0.15, 0.2) is 48.5 Å². The summed E-state index contributed by atoms with van der Waals surface area (Å²) in [5, 5.41) is 10.7. The van der Waals surface area contributed by atoms with E-state index in [1.54, 1.807) is 11.0 Å². The molecule has 0 aromatic heterocycles. The zero-order valence-corrected chi connectivity index (χ0v) is 27.5. The van der Waals surface area contributed by atoms with Crippen LogP contribution in [0.3, 0.4) is 0 Å². The Morgan fingerprint density at radius 1 is 0.872 bits per heavy atom. The minimum absolute atomic E-state index is 0.165. The first-order valence-corrected chi connectivity index (χ1v) is 16.8. The summed E-state index contributed by atoms with van der Waals surface area (Å²) in [5.74, 6) is 2.54. The molecule has 47 heavy (non-hydrogen) atoms. The molecule has 0 saturated carbocycles. The lowest BCUT2D eigenvalue weighted by Crippen LogP contribution is -2.57. The van der Waals surface area contributed by atoms with E-state index in [0.29, 0.717) is 42.8 Å². The summed E-state index contributed by atoms with van der Waals surface area (Å²) >= 11 is 6.78. The summed E-state index contributed by atoms with van der Waals surface area (Å²) in [4.78, 5) is 3.98. The monoisotopic (exact) mass is 674 g/mol. The molecule has 0 spiro atoms. The van der Waals surface area contributed by atoms with Crippen molar-refractivity contribution in [1.82, 2.24) is 9.80 Å². The van der Waals surface area contributed by atoms with Crippen molar-refractivity contribution in [2.45, 2.75) is 64.0 Å². The van der Waals surface area contributed by atoms with Gasteiger partial charge >= 0.3 is 6.18 Å². The lowest BCUT2D eigenvalue weighted by atomic mass is 9.92. The Labute approximate surface area is 279 Å². The van der Waals surface area contributed by atoms with Gasteiger partial charge in [-0.15, -0.1) is 0 Å². The van der Waals surface area contributed by atoms with E-state index in [1.165, 1.54) is 6.42 Å². The number of benzene rings is 3. The van der Waals surface area contributed by atoms with Crippen molar-refractivity contribution < 1.29 is 37.2 Å². The Morgan fingerprint density at radius 3 is 2.43 bits per heavy atom. The fourth-order valence-corrected chi connectivity index (χ4v) is 6.89. The first-order chi connectivity index (χ1) is 22.6. The number of alkyl halides is 3. The molecular formula is C36H42ClF3N2O5. The number of aliphatic hydroxyl groups is 1. The third kappa shape index (κ3) is 7.94. The highest BCUT2D eigenvalue weighted by Gasteiger charge is 2.55. The molecule has 3 aromatic rings. The molecule has 0 amide bonds. The van der Waals surface area contributed by atoms with Gasteiger partial charge in [-0.2, -0.15) is 13.2 Å². The molecule has 3 aliphatic rings. The van der Waals surface area contributed by atoms with Crippen molar-refractivity contribution >= 4 is 11.6 Å². The molecule has 0 radical (unpaired) electrons. The van der Waals surface area contributed by atoms with Gasteiger partial charge in [0.25, 0.3) is 0 Å². The zero-order chi connectivity index (χ0) is 33.0. The summed E-state index contributed by atoms with van der Waals surface area (Å²) in [5.41, 5.74) is 2.36. The quantitative estimate of drug-likeness (QED) is 0.240. The maximum Gasteiger partial charge on any atom is 0.418 e. The van der Waals surface area contributed by atoms with Gasteiger partial charge in [0, 0.05) is 31.3 Å². The van der Waals surface area contributed by atoms with Crippen LogP contribution in [0.2, 0.25) is 5.02 Å². The molecule has 6 rings (SSSR count). The standard InChI is InChI=1S/C36H42ClF3N2O5/c1-25-27(7-5-8-29(25)26-9-10-31-34(20-26)46-18-17-45-31)23-47-33-21-32(28(19-30(33)37)22-41-12-3-2-4-13-41)44-16-15-42-14-6-11-35(43,24-42)36(38,39)40/h5,7-10,19-21,43H,2-4,6,11-18,22-24H2,1H3. The second kappa shape index (κ2) is 14.5. The largest absolute Gasteiger partial charge is 0.492 e. The van der Waals surface area contributed by atoms with Crippen LogP contribution in [0.4, 0.5) is 13.2 Å². The molecule has 3 aromatic carbocycles. The number of ether oxygens (including phenoxy) is 4. The number of likely N-dealkylation sites (tertiary alicyclic amines) is 2. The number of nitrogens with zero attached hydrogens (tertiary/aromatic N) is 2. The molecule has 0 aliphatic carbocycles. The fraction of sp³-hybridized carbons (Fsp3) is 0.500. The number of halogens is 4. The van der Waals surface area contributed by atoms with Gasteiger partial charge in [0.1, 0.15) is 37.9 Å². The van der Waals surface area contributed by atoms with Gasteiger partial charge < -0.3 is 24.1 Å². The molecule has 3 heterocycles. The van der Waals surface area contributed by atoms with E-state index in [2.05, 4.69) is 17.9 Å². The van der Waals surface area contributed by atoms with Crippen molar-refractivity contribution in [2.24, 2.45) is 0 Å². The van der Waals surface area contributed by atoms with E-state index < -0.39 is 18.3 Å². The molecule has 3 aliphatic heterocycles. The average Bonchev–Trinajstić information content (AvgIpc) is 3.05. The topological polar surface area (TPSA) is 63.6 Å². The molecule has 2 saturated heterocycles. The second-order valence-electron chi connectivity index (χ2n) is 12.7. The molecule has 1 atom stereocenters. The maximum atomic E-state index is 13.5. The van der Waals surface area contributed by atoms with Gasteiger partial charge in [0.05, 0.1) is 5.02 Å². The van der Waals surface area contributed by atoms with Gasteiger partial charge in [0.15, 0.2) is 17.1 Å². The fourth-order valence-electron chi connectivity index (χ4n) is 6.65. The third-order valence-electron chi connectivity index (χ3n) is 9.38. The number of hydrogen-bond donors (Lipinski definition) is 1. The molecular weight excluding hydrogens is 633 g/mol. The second-order valence-corrected chi connectivity index (χ2v) is 13.1. The molecule has 2 fully saturated rings. The lowest BCUT2D eigenvalue weighted by Gasteiger charge is -2.40. The number of fused-ring (bicyclic) bond motifs is 1. The van der Waals surface area contributed by atoms with Crippen molar-refractivity contribution in [2.75, 3.05) is 52.5 Å². The highest BCUT2D eigenvalue weighted by atomic mass is 35.5. The normalized spacial score (nSPS) is 20.6. The number of piperidine rings is 2. The smallest absolute Gasteiger partial charge is 0.418 e. The van der Waals surface area contributed by atoms with Gasteiger partial charge in [0.2, 0.25) is 0 Å². The maximum absolute atomic E-state index is 13.5. The van der Waals surface area contributed by atoms with Crippen LogP contribution in [-0.2, 0) is 13.2 Å². The van der Waals surface area contributed by atoms with Crippen LogP contribution >= 0.6 is 11.6 Å². The van der Waals surface area contributed by atoms with Crippen LogP contribution in [-0.4, -0.2) is 79.2 Å². The molecule has 1 N–H and O–H groups in total. The Morgan fingerprint density at radius 2 is 1.64 bits per heavy atom. The minimum Gasteiger partial charge on any atom is -0.492 e. The van der Waals surface area contributed by atoms with Crippen molar-refractivity contribution in [1.29, 1.82) is 0 Å². The van der Waals surface area contributed by atoms with Gasteiger partial charge in [-0.05, 0) is 92.7 Å². The van der Waals surface area contributed by atoms with Crippen LogP contribution in [0.1, 0.15) is 48.8 Å². The summed E-state index contributed by atoms with van der Waals surface area (Å²) in [6.45, 7) is 6.46. The van der Waals surface area contributed by atoms with E-state index in [4.69, 9.17) is 30.5 Å². The Balaban J connectivity index is 1.17. The number of β-amino-alcohol motifs (C(OH)–C–C–N with tert-alkyl or cyclic N) is 1. The number of rotatable bonds is 10. The summed E-state index contributed by atoms with van der Waals surface area (Å²) in [7, 11) is 0. The van der Waals surface area contributed by atoms with E-state index >= 15 is 0 Å². The molecule has 7 nitrogen and oxygen atoms in total. The van der Waals surface area contributed by atoms with Crippen molar-refractivity contribution in [3.05, 3.63) is 70.2 Å². The highest BCUT2D eigenvalue weighted by Crippen LogP contribution is 2.39. The molecule has 1 unspecified atom stereocenters. The predicted molar refractivity (Wildman–Crippen MR) is 175 cm³/mol. The summed E-state index contributed by atoms with van der Waals surface area (Å²) in [6, 6.07) is 15.7. The SMILES string of the molecule is Cc1c(COc2cc(OCCN3CCCC(O)(C(F)(F)F)C3)c(CN3CCCCC3)cc2Cl)cccc1-c1ccc2c(c1)OCCO2. The van der Waals surface area contributed by atoms with E-state index in [1.807, 2.05) is 36.4 Å². The number of hydrogen-bond acceptors (Lipinski definition) is 7. The van der Waals surface area contributed by atoms with Crippen LogP contribution in [0, 0.1) is 6.92 Å². The van der Waals surface area contributed by atoms with Crippen molar-refractivity contribution in [3.63, 3.8) is 0 Å². The van der Waals surface area contributed by atoms with Crippen molar-refractivity contribution in [3.8, 4) is 34.1 Å². The molecule has 11 heteroatoms. The Bertz CT molecular complexity index is 1550. The molecule has 254 valence electrons. The Kier molecular flexibility index (Phi) is 10.4. The summed E-state index contributed by atoms with van der Waals surface area (Å²) in [6.07, 6.45) is -1.21. The minimum atomic E-state index is -4.67. The van der Waals surface area contributed by atoms with Gasteiger partial charge in [-0.25, -0.2) is 0 Å². The third-order valence-corrected chi connectivity index (χ3v) is 9.68. The Hall–Kier alpha value is -3.18. The van der Waals surface area contributed by atoms with E-state index in [0.717, 1.165) is 65.2 Å². The van der Waals surface area contributed by atoms with E-state index in [9.17, 15) is 18.3 Å². The molecule has 0 bridgehead atoms. The first kappa shape index (κ1) is 33.7.